The van der Waals surface area contributed by atoms with Gasteiger partial charge in [-0.25, -0.2) is 9.98 Å². The molecular formula is C16H29N5. The first-order valence-electron chi connectivity index (χ1n) is 8.24. The van der Waals surface area contributed by atoms with Gasteiger partial charge in [0.1, 0.15) is 12.4 Å². The van der Waals surface area contributed by atoms with Crippen molar-refractivity contribution >= 4 is 5.96 Å². The van der Waals surface area contributed by atoms with Crippen LogP contribution in [0.3, 0.4) is 0 Å². The lowest BCUT2D eigenvalue weighted by Gasteiger charge is -2.16. The fourth-order valence-corrected chi connectivity index (χ4v) is 2.78. The lowest BCUT2D eigenvalue weighted by molar-refractivity contribution is 0.507. The zero-order valence-electron chi connectivity index (χ0n) is 13.6. The number of guanidine groups is 1. The molecule has 0 spiro atoms. The van der Waals surface area contributed by atoms with E-state index in [4.69, 9.17) is 4.99 Å². The number of aromatic nitrogens is 2. The summed E-state index contributed by atoms with van der Waals surface area (Å²) < 4.78 is 2.20. The van der Waals surface area contributed by atoms with Crippen molar-refractivity contribution in [2.75, 3.05) is 6.54 Å². The van der Waals surface area contributed by atoms with Crippen molar-refractivity contribution in [3.05, 3.63) is 18.2 Å². The topological polar surface area (TPSA) is 54.2 Å². The minimum absolute atomic E-state index is 0.582. The summed E-state index contributed by atoms with van der Waals surface area (Å²) in [4.78, 5) is 9.13. The smallest absolute Gasteiger partial charge is 0.191 e. The molecule has 1 aliphatic rings. The van der Waals surface area contributed by atoms with E-state index < -0.39 is 0 Å². The predicted octanol–water partition coefficient (Wildman–Crippen LogP) is 2.54. The van der Waals surface area contributed by atoms with Gasteiger partial charge in [-0.15, -0.1) is 0 Å². The van der Waals surface area contributed by atoms with Gasteiger partial charge in [0, 0.05) is 31.5 Å². The number of nitrogens with zero attached hydrogens (tertiary/aromatic N) is 3. The van der Waals surface area contributed by atoms with Crippen molar-refractivity contribution in [3.8, 4) is 0 Å². The molecule has 1 aromatic heterocycles. The molecule has 0 aliphatic heterocycles. The van der Waals surface area contributed by atoms with Crippen LogP contribution in [0.2, 0.25) is 0 Å². The highest BCUT2D eigenvalue weighted by Gasteiger charge is 2.16. The van der Waals surface area contributed by atoms with E-state index in [1.54, 1.807) is 0 Å². The average Bonchev–Trinajstić information content (AvgIpc) is 3.07. The second-order valence-electron chi connectivity index (χ2n) is 6.21. The molecule has 0 aromatic carbocycles. The van der Waals surface area contributed by atoms with Crippen LogP contribution in [0.1, 0.15) is 52.3 Å². The van der Waals surface area contributed by atoms with Crippen LogP contribution in [-0.4, -0.2) is 28.1 Å². The molecule has 1 heterocycles. The highest BCUT2D eigenvalue weighted by atomic mass is 15.2. The van der Waals surface area contributed by atoms with Gasteiger partial charge in [0.25, 0.3) is 0 Å². The Balaban J connectivity index is 1.96. The second kappa shape index (κ2) is 8.05. The Morgan fingerprint density at radius 2 is 2.19 bits per heavy atom. The summed E-state index contributed by atoms with van der Waals surface area (Å²) in [6, 6.07) is 0.582. The third-order valence-corrected chi connectivity index (χ3v) is 3.78. The SMILES string of the molecule is CCNC(=NCc1nccn1CC(C)C)NC1CCCC1. The van der Waals surface area contributed by atoms with Crippen LogP contribution >= 0.6 is 0 Å². The normalized spacial score (nSPS) is 16.7. The van der Waals surface area contributed by atoms with Gasteiger partial charge in [-0.05, 0) is 25.7 Å². The molecule has 1 saturated carbocycles. The zero-order chi connectivity index (χ0) is 15.1. The summed E-state index contributed by atoms with van der Waals surface area (Å²) in [6.07, 6.45) is 9.08. The first kappa shape index (κ1) is 15.9. The summed E-state index contributed by atoms with van der Waals surface area (Å²) in [7, 11) is 0. The summed E-state index contributed by atoms with van der Waals surface area (Å²) in [5.41, 5.74) is 0. The van der Waals surface area contributed by atoms with E-state index in [9.17, 15) is 0 Å². The molecule has 0 amide bonds. The van der Waals surface area contributed by atoms with Gasteiger partial charge < -0.3 is 15.2 Å². The molecule has 21 heavy (non-hydrogen) atoms. The van der Waals surface area contributed by atoms with Crippen molar-refractivity contribution in [3.63, 3.8) is 0 Å². The summed E-state index contributed by atoms with van der Waals surface area (Å²) in [5, 5.41) is 6.88. The largest absolute Gasteiger partial charge is 0.357 e. The van der Waals surface area contributed by atoms with Gasteiger partial charge in [0.2, 0.25) is 0 Å². The molecule has 0 radical (unpaired) electrons. The van der Waals surface area contributed by atoms with Gasteiger partial charge >= 0.3 is 0 Å². The van der Waals surface area contributed by atoms with Crippen LogP contribution in [-0.2, 0) is 13.1 Å². The first-order chi connectivity index (χ1) is 10.2. The Bertz CT molecular complexity index is 443. The van der Waals surface area contributed by atoms with Gasteiger partial charge in [0.05, 0.1) is 0 Å². The van der Waals surface area contributed by atoms with Gasteiger partial charge in [0.15, 0.2) is 5.96 Å². The van der Waals surface area contributed by atoms with Crippen molar-refractivity contribution in [1.82, 2.24) is 20.2 Å². The van der Waals surface area contributed by atoms with E-state index in [2.05, 4.69) is 41.0 Å². The molecule has 1 aliphatic carbocycles. The molecule has 1 fully saturated rings. The highest BCUT2D eigenvalue weighted by Crippen LogP contribution is 2.17. The van der Waals surface area contributed by atoms with Crippen molar-refractivity contribution < 1.29 is 0 Å². The third-order valence-electron chi connectivity index (χ3n) is 3.78. The first-order valence-corrected chi connectivity index (χ1v) is 8.24. The Labute approximate surface area is 128 Å². The van der Waals surface area contributed by atoms with E-state index >= 15 is 0 Å². The van der Waals surface area contributed by atoms with Gasteiger partial charge in [-0.1, -0.05) is 26.7 Å². The fourth-order valence-electron chi connectivity index (χ4n) is 2.78. The molecule has 5 heteroatoms. The number of hydrogen-bond acceptors (Lipinski definition) is 2. The Hall–Kier alpha value is -1.52. The van der Waals surface area contributed by atoms with Gasteiger partial charge in [-0.2, -0.15) is 0 Å². The predicted molar refractivity (Wildman–Crippen MR) is 87.3 cm³/mol. The average molecular weight is 291 g/mol. The Morgan fingerprint density at radius 3 is 2.86 bits per heavy atom. The fraction of sp³-hybridized carbons (Fsp3) is 0.750. The summed E-state index contributed by atoms with van der Waals surface area (Å²) in [6.45, 7) is 9.06. The third kappa shape index (κ3) is 5.06. The van der Waals surface area contributed by atoms with Crippen molar-refractivity contribution in [2.45, 2.75) is 65.6 Å². The summed E-state index contributed by atoms with van der Waals surface area (Å²) >= 11 is 0. The van der Waals surface area contributed by atoms with Crippen LogP contribution in [0.25, 0.3) is 0 Å². The van der Waals surface area contributed by atoms with E-state index in [1.165, 1.54) is 25.7 Å². The van der Waals surface area contributed by atoms with Crippen LogP contribution in [0.5, 0.6) is 0 Å². The number of nitrogens with one attached hydrogen (secondary N) is 2. The molecule has 118 valence electrons. The van der Waals surface area contributed by atoms with Gasteiger partial charge in [-0.3, -0.25) is 0 Å². The number of imidazole rings is 1. The van der Waals surface area contributed by atoms with Crippen LogP contribution in [0, 0.1) is 5.92 Å². The van der Waals surface area contributed by atoms with Crippen LogP contribution in [0.15, 0.2) is 17.4 Å². The standard InChI is InChI=1S/C16H29N5/c1-4-17-16(20-14-7-5-6-8-14)19-11-15-18-9-10-21(15)12-13(2)3/h9-10,13-14H,4-8,11-12H2,1-3H3,(H2,17,19,20). The number of aliphatic imine (C=N–C) groups is 1. The molecule has 0 unspecified atom stereocenters. The lowest BCUT2D eigenvalue weighted by atomic mass is 10.2. The minimum atomic E-state index is 0.582. The maximum absolute atomic E-state index is 4.70. The van der Waals surface area contributed by atoms with Crippen LogP contribution in [0.4, 0.5) is 0 Å². The molecule has 0 bridgehead atoms. The van der Waals surface area contributed by atoms with E-state index in [0.29, 0.717) is 18.5 Å². The molecular weight excluding hydrogens is 262 g/mol. The monoisotopic (exact) mass is 291 g/mol. The van der Waals surface area contributed by atoms with Crippen molar-refractivity contribution in [2.24, 2.45) is 10.9 Å². The second-order valence-corrected chi connectivity index (χ2v) is 6.21. The maximum atomic E-state index is 4.70. The minimum Gasteiger partial charge on any atom is -0.357 e. The number of rotatable bonds is 6. The maximum Gasteiger partial charge on any atom is 0.191 e. The Morgan fingerprint density at radius 1 is 1.43 bits per heavy atom. The molecule has 5 nitrogen and oxygen atoms in total. The van der Waals surface area contributed by atoms with E-state index in [-0.39, 0.29) is 0 Å². The summed E-state index contributed by atoms with van der Waals surface area (Å²) in [5.74, 6) is 2.57. The molecule has 2 N–H and O–H groups in total. The molecule has 0 saturated heterocycles. The van der Waals surface area contributed by atoms with E-state index in [1.807, 2.05) is 12.4 Å². The number of hydrogen-bond donors (Lipinski definition) is 2. The molecule has 2 rings (SSSR count). The quantitative estimate of drug-likeness (QED) is 0.625. The molecule has 1 aromatic rings. The lowest BCUT2D eigenvalue weighted by Crippen LogP contribution is -2.42. The van der Waals surface area contributed by atoms with Crippen molar-refractivity contribution in [1.29, 1.82) is 0 Å². The van der Waals surface area contributed by atoms with E-state index in [0.717, 1.165) is 24.9 Å². The van der Waals surface area contributed by atoms with Crippen LogP contribution < -0.4 is 10.6 Å². The highest BCUT2D eigenvalue weighted by molar-refractivity contribution is 5.80. The molecule has 0 atom stereocenters. The zero-order valence-corrected chi connectivity index (χ0v) is 13.6. The Kier molecular flexibility index (Phi) is 6.08.